The third-order valence-electron chi connectivity index (χ3n) is 3.31. The van der Waals surface area contributed by atoms with Gasteiger partial charge in [0, 0.05) is 10.9 Å². The fourth-order valence-electron chi connectivity index (χ4n) is 2.13. The first-order valence-electron chi connectivity index (χ1n) is 7.64. The summed E-state index contributed by atoms with van der Waals surface area (Å²) in [6, 6.07) is 8.30. The molecule has 0 aliphatic heterocycles. The highest BCUT2D eigenvalue weighted by atomic mass is 35.5. The summed E-state index contributed by atoms with van der Waals surface area (Å²) in [6.45, 7) is 8.10. The number of aromatic nitrogens is 2. The largest absolute Gasteiger partial charge is 0.298 e. The number of benzene rings is 1. The highest BCUT2D eigenvalue weighted by Crippen LogP contribution is 2.32. The zero-order chi connectivity index (χ0) is 17.0. The molecule has 1 aromatic heterocycles. The number of nitrogens with zero attached hydrogens (tertiary/aromatic N) is 2. The van der Waals surface area contributed by atoms with Gasteiger partial charge in [0.2, 0.25) is 0 Å². The first-order valence-corrected chi connectivity index (χ1v) is 8.89. The first kappa shape index (κ1) is 17.8. The van der Waals surface area contributed by atoms with Crippen LogP contribution in [0.3, 0.4) is 0 Å². The number of carbonyl (C=O) groups excluding carboxylic acids is 1. The van der Waals surface area contributed by atoms with Crippen molar-refractivity contribution >= 4 is 35.7 Å². The predicted octanol–water partition coefficient (Wildman–Crippen LogP) is 5.19. The van der Waals surface area contributed by atoms with Crippen LogP contribution in [0.15, 0.2) is 35.0 Å². The van der Waals surface area contributed by atoms with Gasteiger partial charge >= 0.3 is 0 Å². The molecular weight excluding hydrogens is 328 g/mol. The lowest BCUT2D eigenvalue weighted by atomic mass is 10.1. The lowest BCUT2D eigenvalue weighted by Crippen LogP contribution is -1.99. The second-order valence-corrected chi connectivity index (χ2v) is 7.50. The molecule has 0 saturated carbocycles. The maximum absolute atomic E-state index is 10.9. The lowest BCUT2D eigenvalue weighted by molar-refractivity contribution is -0.104. The molecule has 0 saturated heterocycles. The van der Waals surface area contributed by atoms with Gasteiger partial charge in [-0.15, -0.1) is 0 Å². The topological polar surface area (TPSA) is 34.9 Å². The van der Waals surface area contributed by atoms with E-state index in [0.29, 0.717) is 21.7 Å². The van der Waals surface area contributed by atoms with Crippen LogP contribution in [0, 0.1) is 0 Å². The van der Waals surface area contributed by atoms with Crippen LogP contribution >= 0.6 is 23.4 Å². The van der Waals surface area contributed by atoms with E-state index in [-0.39, 0.29) is 0 Å². The SMILES string of the molecule is CCc1ccc(-n2c(SC(C)C)nc(C=C(C)C=O)c2Cl)cc1. The monoisotopic (exact) mass is 348 g/mol. The molecule has 2 aromatic rings. The molecule has 0 aliphatic rings. The summed E-state index contributed by atoms with van der Waals surface area (Å²) in [6.07, 6.45) is 3.52. The van der Waals surface area contributed by atoms with Gasteiger partial charge in [-0.25, -0.2) is 4.98 Å². The van der Waals surface area contributed by atoms with E-state index >= 15 is 0 Å². The van der Waals surface area contributed by atoms with Crippen LogP contribution in [0.5, 0.6) is 0 Å². The van der Waals surface area contributed by atoms with Gasteiger partial charge in [0.1, 0.15) is 17.1 Å². The van der Waals surface area contributed by atoms with E-state index in [9.17, 15) is 4.79 Å². The van der Waals surface area contributed by atoms with Crippen LogP contribution in [0.4, 0.5) is 0 Å². The molecule has 122 valence electrons. The maximum atomic E-state index is 10.9. The van der Waals surface area contributed by atoms with Gasteiger partial charge in [-0.05, 0) is 42.7 Å². The second kappa shape index (κ2) is 7.84. The molecule has 0 radical (unpaired) electrons. The Morgan fingerprint density at radius 1 is 1.35 bits per heavy atom. The molecule has 0 spiro atoms. The molecule has 0 unspecified atom stereocenters. The minimum Gasteiger partial charge on any atom is -0.298 e. The van der Waals surface area contributed by atoms with Crippen molar-refractivity contribution in [3.05, 3.63) is 46.2 Å². The van der Waals surface area contributed by atoms with Gasteiger partial charge in [0.15, 0.2) is 5.16 Å². The number of carbonyl (C=O) groups is 1. The first-order chi connectivity index (χ1) is 11.0. The van der Waals surface area contributed by atoms with Crippen molar-refractivity contribution in [2.24, 2.45) is 0 Å². The van der Waals surface area contributed by atoms with E-state index in [1.807, 2.05) is 4.57 Å². The minimum atomic E-state index is 0.381. The Hall–Kier alpha value is -1.52. The van der Waals surface area contributed by atoms with Crippen LogP contribution in [-0.4, -0.2) is 21.1 Å². The molecule has 5 heteroatoms. The summed E-state index contributed by atoms with van der Waals surface area (Å²) in [5.74, 6) is 0. The van der Waals surface area contributed by atoms with Crippen LogP contribution in [-0.2, 0) is 11.2 Å². The number of thioether (sulfide) groups is 1. The van der Waals surface area contributed by atoms with Crippen molar-refractivity contribution in [2.75, 3.05) is 0 Å². The van der Waals surface area contributed by atoms with E-state index in [0.717, 1.165) is 23.6 Å². The Labute approximate surface area is 146 Å². The highest BCUT2D eigenvalue weighted by molar-refractivity contribution is 7.99. The number of hydrogen-bond acceptors (Lipinski definition) is 3. The van der Waals surface area contributed by atoms with Crippen molar-refractivity contribution in [1.29, 1.82) is 0 Å². The molecule has 0 N–H and O–H groups in total. The van der Waals surface area contributed by atoms with Crippen LogP contribution < -0.4 is 0 Å². The number of rotatable bonds is 6. The molecule has 2 rings (SSSR count). The fourth-order valence-corrected chi connectivity index (χ4v) is 3.33. The van der Waals surface area contributed by atoms with Gasteiger partial charge in [-0.1, -0.05) is 56.3 Å². The molecule has 23 heavy (non-hydrogen) atoms. The molecule has 0 atom stereocenters. The van der Waals surface area contributed by atoms with Crippen LogP contribution in [0.25, 0.3) is 11.8 Å². The van der Waals surface area contributed by atoms with Gasteiger partial charge in [-0.2, -0.15) is 0 Å². The third kappa shape index (κ3) is 4.27. The second-order valence-electron chi connectivity index (χ2n) is 5.60. The van der Waals surface area contributed by atoms with Gasteiger partial charge in [-0.3, -0.25) is 9.36 Å². The molecule has 1 heterocycles. The Morgan fingerprint density at radius 2 is 2.00 bits per heavy atom. The van der Waals surface area contributed by atoms with Crippen molar-refractivity contribution in [2.45, 2.75) is 44.5 Å². The number of aryl methyl sites for hydroxylation is 1. The molecule has 0 amide bonds. The van der Waals surface area contributed by atoms with E-state index in [1.165, 1.54) is 5.56 Å². The molecule has 0 aliphatic carbocycles. The van der Waals surface area contributed by atoms with E-state index in [2.05, 4.69) is 50.0 Å². The molecule has 0 fully saturated rings. The smallest absolute Gasteiger partial charge is 0.174 e. The Morgan fingerprint density at radius 3 is 2.52 bits per heavy atom. The van der Waals surface area contributed by atoms with E-state index in [4.69, 9.17) is 11.6 Å². The van der Waals surface area contributed by atoms with Gasteiger partial charge < -0.3 is 0 Å². The number of imidazole rings is 1. The standard InChI is InChI=1S/C18H21ClN2OS/c1-5-14-6-8-15(9-7-14)21-17(19)16(10-13(4)11-22)20-18(21)23-12(2)3/h6-12H,5H2,1-4H3. The van der Waals surface area contributed by atoms with Crippen LogP contribution in [0.1, 0.15) is 39.0 Å². The lowest BCUT2D eigenvalue weighted by Gasteiger charge is -2.10. The van der Waals surface area contributed by atoms with Gasteiger partial charge in [0.05, 0.1) is 0 Å². The summed E-state index contributed by atoms with van der Waals surface area (Å²) < 4.78 is 1.94. The fraction of sp³-hybridized carbons (Fsp3) is 0.333. The number of hydrogen-bond donors (Lipinski definition) is 0. The van der Waals surface area contributed by atoms with Gasteiger partial charge in [0.25, 0.3) is 0 Å². The van der Waals surface area contributed by atoms with E-state index in [1.54, 1.807) is 24.8 Å². The van der Waals surface area contributed by atoms with Crippen molar-refractivity contribution in [3.63, 3.8) is 0 Å². The summed E-state index contributed by atoms with van der Waals surface area (Å²) in [4.78, 5) is 15.5. The highest BCUT2D eigenvalue weighted by Gasteiger charge is 2.17. The normalized spacial score (nSPS) is 12.0. The number of allylic oxidation sites excluding steroid dienone is 1. The Bertz CT molecular complexity index is 717. The van der Waals surface area contributed by atoms with Crippen LogP contribution in [0.2, 0.25) is 5.15 Å². The van der Waals surface area contributed by atoms with Crippen molar-refractivity contribution in [1.82, 2.24) is 9.55 Å². The molecule has 3 nitrogen and oxygen atoms in total. The molecule has 1 aromatic carbocycles. The van der Waals surface area contributed by atoms with Crippen molar-refractivity contribution < 1.29 is 4.79 Å². The number of halogens is 1. The molecule has 0 bridgehead atoms. The zero-order valence-electron chi connectivity index (χ0n) is 13.8. The Kier molecular flexibility index (Phi) is 6.08. The summed E-state index contributed by atoms with van der Waals surface area (Å²) >= 11 is 8.20. The summed E-state index contributed by atoms with van der Waals surface area (Å²) in [5, 5.41) is 1.74. The summed E-state index contributed by atoms with van der Waals surface area (Å²) in [5.41, 5.74) is 3.48. The maximum Gasteiger partial charge on any atom is 0.174 e. The predicted molar refractivity (Wildman–Crippen MR) is 98.7 cm³/mol. The Balaban J connectivity index is 2.56. The third-order valence-corrected chi connectivity index (χ3v) is 4.63. The average molecular weight is 349 g/mol. The number of aldehydes is 1. The quantitative estimate of drug-likeness (QED) is 0.409. The minimum absolute atomic E-state index is 0.381. The summed E-state index contributed by atoms with van der Waals surface area (Å²) in [7, 11) is 0. The zero-order valence-corrected chi connectivity index (χ0v) is 15.4. The van der Waals surface area contributed by atoms with Crippen molar-refractivity contribution in [3.8, 4) is 5.69 Å². The molecular formula is C18H21ClN2OS. The average Bonchev–Trinajstić information content (AvgIpc) is 2.82. The van der Waals surface area contributed by atoms with E-state index < -0.39 is 0 Å².